The molecule has 1 aliphatic rings. The van der Waals surface area contributed by atoms with Gasteiger partial charge in [-0.05, 0) is 25.2 Å². The van der Waals surface area contributed by atoms with Crippen LogP contribution in [0.25, 0.3) is 0 Å². The van der Waals surface area contributed by atoms with Gasteiger partial charge in [-0.15, -0.1) is 0 Å². The normalized spacial score (nSPS) is 15.9. The molecule has 1 aliphatic carbocycles. The third kappa shape index (κ3) is 2.98. The second-order valence-electron chi connectivity index (χ2n) is 4.32. The summed E-state index contributed by atoms with van der Waals surface area (Å²) in [5, 5.41) is 13.4. The number of pyridine rings is 1. The Morgan fingerprint density at radius 3 is 2.89 bits per heavy atom. The van der Waals surface area contributed by atoms with E-state index in [1.165, 1.54) is 12.3 Å². The van der Waals surface area contributed by atoms with Gasteiger partial charge < -0.3 is 5.32 Å². The lowest BCUT2D eigenvalue weighted by Gasteiger charge is -2.13. The summed E-state index contributed by atoms with van der Waals surface area (Å²) in [4.78, 5) is 25.8. The topological polar surface area (TPSA) is 85.1 Å². The minimum Gasteiger partial charge on any atom is -0.350 e. The van der Waals surface area contributed by atoms with Gasteiger partial charge in [0, 0.05) is 17.5 Å². The molecular formula is C11H12ClN3O3S. The van der Waals surface area contributed by atoms with E-state index in [1.54, 1.807) is 11.8 Å². The van der Waals surface area contributed by atoms with E-state index in [4.69, 9.17) is 11.6 Å². The number of nitrogens with one attached hydrogen (secondary N) is 1. The Bertz CT molecular complexity index is 534. The van der Waals surface area contributed by atoms with Gasteiger partial charge in [0.15, 0.2) is 0 Å². The molecule has 102 valence electrons. The van der Waals surface area contributed by atoms with Crippen molar-refractivity contribution in [3.05, 3.63) is 33.1 Å². The molecule has 0 radical (unpaired) electrons. The summed E-state index contributed by atoms with van der Waals surface area (Å²) in [5.74, 6) is -0.490. The number of thioether (sulfide) groups is 1. The number of carbonyl (C=O) groups excluding carboxylic acids is 1. The lowest BCUT2D eigenvalue weighted by atomic mass is 10.2. The first-order valence-corrected chi connectivity index (χ1v) is 7.21. The predicted molar refractivity (Wildman–Crippen MR) is 73.7 cm³/mol. The van der Waals surface area contributed by atoms with Crippen LogP contribution in [0.4, 0.5) is 5.69 Å². The molecule has 0 aliphatic heterocycles. The van der Waals surface area contributed by atoms with E-state index in [-0.39, 0.29) is 15.5 Å². The molecule has 1 aromatic heterocycles. The van der Waals surface area contributed by atoms with E-state index in [0.29, 0.717) is 6.54 Å². The molecule has 1 aromatic rings. The average Bonchev–Trinajstić information content (AvgIpc) is 3.16. The lowest BCUT2D eigenvalue weighted by Crippen LogP contribution is -2.32. The van der Waals surface area contributed by atoms with E-state index in [9.17, 15) is 14.9 Å². The Labute approximate surface area is 119 Å². The van der Waals surface area contributed by atoms with E-state index < -0.39 is 16.5 Å². The van der Waals surface area contributed by atoms with Gasteiger partial charge in [0.05, 0.1) is 4.92 Å². The first-order chi connectivity index (χ1) is 8.99. The number of amides is 1. The van der Waals surface area contributed by atoms with Crippen LogP contribution in [-0.4, -0.2) is 33.4 Å². The van der Waals surface area contributed by atoms with Crippen molar-refractivity contribution in [2.24, 2.45) is 0 Å². The summed E-state index contributed by atoms with van der Waals surface area (Å²) >= 11 is 7.36. The van der Waals surface area contributed by atoms with Crippen molar-refractivity contribution in [1.82, 2.24) is 10.3 Å². The number of hydrogen-bond donors (Lipinski definition) is 1. The summed E-state index contributed by atoms with van der Waals surface area (Å²) in [6.07, 6.45) is 5.37. The Kier molecular flexibility index (Phi) is 3.96. The SMILES string of the molecule is CSC1(CNC(=O)c2ccnc(Cl)c2[N+](=O)[O-])CC1. The van der Waals surface area contributed by atoms with Gasteiger partial charge >= 0.3 is 5.69 Å². The highest BCUT2D eigenvalue weighted by Crippen LogP contribution is 2.46. The fourth-order valence-corrected chi connectivity index (χ4v) is 2.67. The van der Waals surface area contributed by atoms with Crippen molar-refractivity contribution in [2.45, 2.75) is 17.6 Å². The number of nitro groups is 1. The van der Waals surface area contributed by atoms with Gasteiger partial charge in [0.2, 0.25) is 5.15 Å². The Balaban J connectivity index is 2.15. The second kappa shape index (κ2) is 5.34. The molecule has 6 nitrogen and oxygen atoms in total. The van der Waals surface area contributed by atoms with Gasteiger partial charge in [0.1, 0.15) is 5.56 Å². The monoisotopic (exact) mass is 301 g/mol. The lowest BCUT2D eigenvalue weighted by molar-refractivity contribution is -0.385. The van der Waals surface area contributed by atoms with Gasteiger partial charge in [-0.2, -0.15) is 11.8 Å². The molecule has 1 N–H and O–H groups in total. The highest BCUT2D eigenvalue weighted by atomic mass is 35.5. The minimum atomic E-state index is -0.689. The summed E-state index contributed by atoms with van der Waals surface area (Å²) in [7, 11) is 0. The number of aromatic nitrogens is 1. The highest BCUT2D eigenvalue weighted by Gasteiger charge is 2.42. The second-order valence-corrected chi connectivity index (χ2v) is 5.96. The van der Waals surface area contributed by atoms with E-state index >= 15 is 0 Å². The molecule has 0 saturated heterocycles. The molecule has 0 unspecified atom stereocenters. The molecule has 1 fully saturated rings. The highest BCUT2D eigenvalue weighted by molar-refractivity contribution is 8.00. The first-order valence-electron chi connectivity index (χ1n) is 5.61. The molecule has 1 amide bonds. The van der Waals surface area contributed by atoms with Crippen molar-refractivity contribution in [3.63, 3.8) is 0 Å². The van der Waals surface area contributed by atoms with Crippen molar-refractivity contribution in [1.29, 1.82) is 0 Å². The summed E-state index contributed by atoms with van der Waals surface area (Å²) < 4.78 is 0.0985. The quantitative estimate of drug-likeness (QED) is 0.512. The molecule has 1 heterocycles. The van der Waals surface area contributed by atoms with Gasteiger partial charge in [-0.25, -0.2) is 4.98 Å². The molecule has 0 aromatic carbocycles. The minimum absolute atomic E-state index is 0.0538. The Morgan fingerprint density at radius 1 is 1.68 bits per heavy atom. The molecule has 0 bridgehead atoms. The van der Waals surface area contributed by atoms with Crippen molar-refractivity contribution >= 4 is 35.0 Å². The molecule has 8 heteroatoms. The molecule has 19 heavy (non-hydrogen) atoms. The van der Waals surface area contributed by atoms with E-state index in [2.05, 4.69) is 10.3 Å². The zero-order chi connectivity index (χ0) is 14.0. The predicted octanol–water partition coefficient (Wildman–Crippen LogP) is 2.27. The van der Waals surface area contributed by atoms with Crippen LogP contribution in [0.3, 0.4) is 0 Å². The van der Waals surface area contributed by atoms with E-state index in [1.807, 2.05) is 6.26 Å². The van der Waals surface area contributed by atoms with Crippen LogP contribution in [-0.2, 0) is 0 Å². The summed E-state index contributed by atoms with van der Waals surface area (Å²) in [6.45, 7) is 0.504. The van der Waals surface area contributed by atoms with E-state index in [0.717, 1.165) is 12.8 Å². The maximum absolute atomic E-state index is 12.0. The molecule has 1 saturated carbocycles. The molecule has 0 spiro atoms. The molecule has 2 rings (SSSR count). The number of carbonyl (C=O) groups is 1. The van der Waals surface area contributed by atoms with Crippen molar-refractivity contribution in [3.8, 4) is 0 Å². The van der Waals surface area contributed by atoms with Crippen LogP contribution in [0.5, 0.6) is 0 Å². The number of rotatable bonds is 5. The fraction of sp³-hybridized carbons (Fsp3) is 0.455. The van der Waals surface area contributed by atoms with Crippen LogP contribution in [0.15, 0.2) is 12.3 Å². The van der Waals surface area contributed by atoms with Crippen LogP contribution in [0.2, 0.25) is 5.15 Å². The van der Waals surface area contributed by atoms with Crippen LogP contribution < -0.4 is 5.32 Å². The van der Waals surface area contributed by atoms with Crippen molar-refractivity contribution in [2.75, 3.05) is 12.8 Å². The fourth-order valence-electron chi connectivity index (χ4n) is 1.71. The third-order valence-corrected chi connectivity index (χ3v) is 4.81. The Morgan fingerprint density at radius 2 is 2.37 bits per heavy atom. The molecular weight excluding hydrogens is 290 g/mol. The van der Waals surface area contributed by atoms with Gasteiger partial charge in [-0.1, -0.05) is 11.6 Å². The van der Waals surface area contributed by atoms with Gasteiger partial charge in [-0.3, -0.25) is 14.9 Å². The van der Waals surface area contributed by atoms with Crippen LogP contribution >= 0.6 is 23.4 Å². The smallest absolute Gasteiger partial charge is 0.319 e. The molecule has 0 atom stereocenters. The largest absolute Gasteiger partial charge is 0.350 e. The number of halogens is 1. The number of nitrogens with zero attached hydrogens (tertiary/aromatic N) is 2. The maximum Gasteiger partial charge on any atom is 0.319 e. The maximum atomic E-state index is 12.0. The van der Waals surface area contributed by atoms with Crippen LogP contribution in [0, 0.1) is 10.1 Å². The van der Waals surface area contributed by atoms with Crippen molar-refractivity contribution < 1.29 is 9.72 Å². The zero-order valence-electron chi connectivity index (χ0n) is 10.2. The van der Waals surface area contributed by atoms with Crippen LogP contribution in [0.1, 0.15) is 23.2 Å². The zero-order valence-corrected chi connectivity index (χ0v) is 11.8. The van der Waals surface area contributed by atoms with Gasteiger partial charge in [0.25, 0.3) is 5.91 Å². The number of hydrogen-bond acceptors (Lipinski definition) is 5. The summed E-state index contributed by atoms with van der Waals surface area (Å²) in [5.41, 5.74) is -0.502. The Hall–Kier alpha value is -1.34. The standard InChI is InChI=1S/C11H12ClN3O3S/c1-19-11(3-4-11)6-14-10(16)7-2-5-13-9(12)8(7)15(17)18/h2,5H,3-4,6H2,1H3,(H,14,16). The first kappa shape index (κ1) is 14.1. The summed E-state index contributed by atoms with van der Waals surface area (Å²) in [6, 6.07) is 1.30. The average molecular weight is 302 g/mol. The third-order valence-electron chi connectivity index (χ3n) is 3.12.